The molecule has 198 valence electrons. The predicted molar refractivity (Wildman–Crippen MR) is 146 cm³/mol. The Bertz CT molecular complexity index is 1230. The Kier molecular flexibility index (Phi) is 8.79. The van der Waals surface area contributed by atoms with Crippen molar-refractivity contribution in [1.29, 1.82) is 0 Å². The second-order valence-electron chi connectivity index (χ2n) is 9.85. The van der Waals surface area contributed by atoms with E-state index in [1.165, 1.54) is 4.88 Å². The molecule has 2 fully saturated rings. The van der Waals surface area contributed by atoms with Gasteiger partial charge in [0.1, 0.15) is 17.7 Å². The van der Waals surface area contributed by atoms with Crippen LogP contribution in [0.3, 0.4) is 0 Å². The Morgan fingerprint density at radius 3 is 2.51 bits per heavy atom. The Hall–Kier alpha value is -3.00. The molecule has 37 heavy (non-hydrogen) atoms. The number of rotatable bonds is 7. The summed E-state index contributed by atoms with van der Waals surface area (Å²) in [7, 11) is 0. The zero-order chi connectivity index (χ0) is 26.5. The highest BCUT2D eigenvalue weighted by molar-refractivity contribution is 7.13. The number of aryl methyl sites for hydroxylation is 3. The number of thiazole rings is 1. The van der Waals surface area contributed by atoms with Gasteiger partial charge in [0.2, 0.25) is 11.8 Å². The fourth-order valence-corrected chi connectivity index (χ4v) is 6.06. The fraction of sp³-hybridized carbons (Fsp3) is 0.517. The molecule has 1 saturated carbocycles. The normalized spacial score (nSPS) is 18.1. The molecule has 2 aromatic heterocycles. The highest BCUT2D eigenvalue weighted by Gasteiger charge is 2.43. The van der Waals surface area contributed by atoms with Gasteiger partial charge in [0.05, 0.1) is 21.8 Å². The van der Waals surface area contributed by atoms with Gasteiger partial charge in [-0.1, -0.05) is 43.6 Å². The minimum absolute atomic E-state index is 0.00367. The average Bonchev–Trinajstić information content (AvgIpc) is 3.62. The third-order valence-corrected chi connectivity index (χ3v) is 8.46. The molecule has 3 heterocycles. The van der Waals surface area contributed by atoms with Gasteiger partial charge < -0.3 is 14.7 Å². The van der Waals surface area contributed by atoms with E-state index in [0.29, 0.717) is 25.3 Å². The molecular weight excluding hydrogens is 484 g/mol. The summed E-state index contributed by atoms with van der Waals surface area (Å²) in [6.45, 7) is 11.0. The molecule has 1 aliphatic carbocycles. The van der Waals surface area contributed by atoms with E-state index in [-0.39, 0.29) is 23.7 Å². The van der Waals surface area contributed by atoms with E-state index in [0.717, 1.165) is 53.8 Å². The van der Waals surface area contributed by atoms with Crippen LogP contribution in [0.15, 0.2) is 34.3 Å². The summed E-state index contributed by atoms with van der Waals surface area (Å²) in [5.41, 5.74) is 7.02. The third-order valence-electron chi connectivity index (χ3n) is 7.48. The van der Waals surface area contributed by atoms with E-state index in [1.54, 1.807) is 16.2 Å². The van der Waals surface area contributed by atoms with E-state index in [1.807, 2.05) is 39.3 Å². The zero-order valence-corrected chi connectivity index (χ0v) is 23.4. The van der Waals surface area contributed by atoms with Gasteiger partial charge in [0, 0.05) is 19.2 Å². The quantitative estimate of drug-likeness (QED) is 0.415. The van der Waals surface area contributed by atoms with Crippen LogP contribution in [0.25, 0.3) is 10.4 Å². The van der Waals surface area contributed by atoms with Crippen molar-refractivity contribution < 1.29 is 14.1 Å². The summed E-state index contributed by atoms with van der Waals surface area (Å²) in [5, 5.41) is 7.11. The second-order valence-corrected chi connectivity index (χ2v) is 10.7. The molecule has 2 aliphatic rings. The highest BCUT2D eigenvalue weighted by atomic mass is 32.1. The first-order chi connectivity index (χ1) is 17.9. The van der Waals surface area contributed by atoms with Crippen molar-refractivity contribution in [2.75, 3.05) is 6.54 Å². The van der Waals surface area contributed by atoms with Crippen LogP contribution in [0.2, 0.25) is 0 Å². The van der Waals surface area contributed by atoms with Gasteiger partial charge in [-0.15, -0.1) is 11.3 Å². The van der Waals surface area contributed by atoms with Gasteiger partial charge >= 0.3 is 0 Å². The topological polar surface area (TPSA) is 88.3 Å². The molecule has 1 saturated heterocycles. The van der Waals surface area contributed by atoms with Crippen molar-refractivity contribution in [3.63, 3.8) is 0 Å². The minimum Gasteiger partial charge on any atom is -0.360 e. The van der Waals surface area contributed by atoms with Gasteiger partial charge in [0.25, 0.3) is 0 Å². The van der Waals surface area contributed by atoms with Crippen molar-refractivity contribution in [1.82, 2.24) is 20.4 Å². The number of hydrogen-bond donors (Lipinski definition) is 1. The van der Waals surface area contributed by atoms with Crippen molar-refractivity contribution >= 4 is 23.2 Å². The highest BCUT2D eigenvalue weighted by Crippen LogP contribution is 2.41. The lowest BCUT2D eigenvalue weighted by molar-refractivity contribution is -0.141. The van der Waals surface area contributed by atoms with Crippen LogP contribution in [0, 0.1) is 26.7 Å². The lowest BCUT2D eigenvalue weighted by Crippen LogP contribution is -2.48. The average molecular weight is 523 g/mol. The maximum Gasteiger partial charge on any atom is 0.243 e. The van der Waals surface area contributed by atoms with Crippen LogP contribution in [-0.4, -0.2) is 39.4 Å². The molecule has 0 spiro atoms. The Balaban J connectivity index is 0.00000156. The van der Waals surface area contributed by atoms with Crippen LogP contribution in [0.4, 0.5) is 0 Å². The lowest BCUT2D eigenvalue weighted by atomic mass is 9.74. The van der Waals surface area contributed by atoms with Gasteiger partial charge in [-0.05, 0) is 69.1 Å². The van der Waals surface area contributed by atoms with Crippen LogP contribution >= 0.6 is 11.3 Å². The molecule has 0 bridgehead atoms. The van der Waals surface area contributed by atoms with Crippen LogP contribution in [0.5, 0.6) is 0 Å². The van der Waals surface area contributed by atoms with Crippen molar-refractivity contribution in [2.45, 2.75) is 85.2 Å². The summed E-state index contributed by atoms with van der Waals surface area (Å²) in [5.74, 6) is 0.476. The molecule has 7 nitrogen and oxygen atoms in total. The van der Waals surface area contributed by atoms with Crippen LogP contribution in [0.1, 0.15) is 80.1 Å². The van der Waals surface area contributed by atoms with Gasteiger partial charge in [-0.25, -0.2) is 4.98 Å². The fourth-order valence-electron chi connectivity index (χ4n) is 5.25. The number of hydrogen-bond acceptors (Lipinski definition) is 6. The van der Waals surface area contributed by atoms with Crippen molar-refractivity contribution in [3.05, 3.63) is 58.1 Å². The van der Waals surface area contributed by atoms with Crippen molar-refractivity contribution in [2.24, 2.45) is 5.92 Å². The number of amides is 2. The number of benzene rings is 1. The number of carbonyl (C=O) groups is 2. The molecule has 8 heteroatoms. The SMILES string of the molecule is CC.Cc1cc(C(C(=O)N2CCCC2C(=O)NCc2ccc(-c3scnc3C)cc2C)C2CCC2)on1. The summed E-state index contributed by atoms with van der Waals surface area (Å²) in [4.78, 5) is 34.2. The number of nitrogens with zero attached hydrogens (tertiary/aromatic N) is 3. The first kappa shape index (κ1) is 27.0. The molecule has 3 aromatic rings. The maximum absolute atomic E-state index is 13.7. The molecule has 1 aromatic carbocycles. The molecule has 5 rings (SSSR count). The first-order valence-electron chi connectivity index (χ1n) is 13.4. The van der Waals surface area contributed by atoms with Crippen LogP contribution < -0.4 is 5.32 Å². The van der Waals surface area contributed by atoms with E-state index >= 15 is 0 Å². The summed E-state index contributed by atoms with van der Waals surface area (Å²) in [6.07, 6.45) is 4.67. The molecule has 2 atom stereocenters. The monoisotopic (exact) mass is 522 g/mol. The molecule has 2 amide bonds. The lowest BCUT2D eigenvalue weighted by Gasteiger charge is -2.35. The largest absolute Gasteiger partial charge is 0.360 e. The Labute approximate surface area is 223 Å². The van der Waals surface area contributed by atoms with Gasteiger partial charge in [-0.3, -0.25) is 9.59 Å². The molecule has 2 unspecified atom stereocenters. The molecule has 1 N–H and O–H groups in total. The molecular formula is C29H38N4O3S. The van der Waals surface area contributed by atoms with E-state index in [4.69, 9.17) is 4.52 Å². The van der Waals surface area contributed by atoms with E-state index in [2.05, 4.69) is 40.6 Å². The standard InChI is InChI=1S/C27H32N4O3S.C2H6/c1-16-12-20(25-18(3)29-15-35-25)9-10-21(16)14-28-26(32)22-8-5-11-31(22)27(33)24(19-6-4-7-19)23-13-17(2)30-34-23;1-2/h9-10,12-13,15,19,22,24H,4-8,11,14H2,1-3H3,(H,28,32);1-2H3. The van der Waals surface area contributed by atoms with E-state index < -0.39 is 6.04 Å². The number of aromatic nitrogens is 2. The Morgan fingerprint density at radius 2 is 1.92 bits per heavy atom. The third kappa shape index (κ3) is 5.79. The summed E-state index contributed by atoms with van der Waals surface area (Å²) in [6, 6.07) is 7.74. The number of likely N-dealkylation sites (tertiary alicyclic amines) is 1. The summed E-state index contributed by atoms with van der Waals surface area (Å²) < 4.78 is 5.52. The van der Waals surface area contributed by atoms with Crippen LogP contribution in [-0.2, 0) is 16.1 Å². The Morgan fingerprint density at radius 1 is 1.14 bits per heavy atom. The number of nitrogens with one attached hydrogen (secondary N) is 1. The minimum atomic E-state index is -0.437. The smallest absolute Gasteiger partial charge is 0.243 e. The zero-order valence-electron chi connectivity index (χ0n) is 22.5. The summed E-state index contributed by atoms with van der Waals surface area (Å²) >= 11 is 1.64. The molecule has 0 radical (unpaired) electrons. The van der Waals surface area contributed by atoms with Crippen molar-refractivity contribution in [3.8, 4) is 10.4 Å². The van der Waals surface area contributed by atoms with Gasteiger partial charge in [-0.2, -0.15) is 0 Å². The van der Waals surface area contributed by atoms with E-state index in [9.17, 15) is 9.59 Å². The first-order valence-corrected chi connectivity index (χ1v) is 14.3. The predicted octanol–water partition coefficient (Wildman–Crippen LogP) is 5.94. The second kappa shape index (κ2) is 12.0. The molecule has 1 aliphatic heterocycles. The van der Waals surface area contributed by atoms with Gasteiger partial charge in [0.15, 0.2) is 0 Å². The maximum atomic E-state index is 13.7. The number of carbonyl (C=O) groups excluding carboxylic acids is 2.